The van der Waals surface area contributed by atoms with Gasteiger partial charge in [0, 0.05) is 22.4 Å². The van der Waals surface area contributed by atoms with E-state index in [0.29, 0.717) is 21.3 Å². The maximum atomic E-state index is 12.0. The van der Waals surface area contributed by atoms with Crippen molar-refractivity contribution in [3.63, 3.8) is 0 Å². The van der Waals surface area contributed by atoms with Crippen molar-refractivity contribution in [2.75, 3.05) is 0 Å². The molecule has 3 aromatic rings. The number of amides is 1. The number of hydrogen-bond donors (Lipinski definition) is 2. The second kappa shape index (κ2) is 8.81. The van der Waals surface area contributed by atoms with Crippen LogP contribution in [-0.4, -0.2) is 22.2 Å². The summed E-state index contributed by atoms with van der Waals surface area (Å²) >= 11 is 3.25. The summed E-state index contributed by atoms with van der Waals surface area (Å²) < 4.78 is 0.688. The summed E-state index contributed by atoms with van der Waals surface area (Å²) in [5.74, 6) is -0.407. The van der Waals surface area contributed by atoms with Gasteiger partial charge in [-0.3, -0.25) is 9.78 Å². The fourth-order valence-corrected chi connectivity index (χ4v) is 2.44. The molecule has 0 spiro atoms. The third-order valence-corrected chi connectivity index (χ3v) is 3.82. The average Bonchev–Trinajstić information content (AvgIpc) is 2.69. The first-order chi connectivity index (χ1) is 13.1. The van der Waals surface area contributed by atoms with E-state index in [9.17, 15) is 9.90 Å². The first kappa shape index (κ1) is 18.4. The monoisotopic (exact) mass is 423 g/mol. The summed E-state index contributed by atoms with van der Waals surface area (Å²) in [6.07, 6.45) is 4.34. The summed E-state index contributed by atoms with van der Waals surface area (Å²) in [4.78, 5) is 15.9. The zero-order chi connectivity index (χ0) is 19.1. The average molecular weight is 424 g/mol. The zero-order valence-electron chi connectivity index (χ0n) is 14.0. The normalized spacial score (nSPS) is 11.1. The fraction of sp³-hybridized carbons (Fsp3) is 0. The predicted molar refractivity (Wildman–Crippen MR) is 106 cm³/mol. The van der Waals surface area contributed by atoms with E-state index < -0.39 is 5.91 Å². The lowest BCUT2D eigenvalue weighted by atomic mass is 10.2. The Hall–Kier alpha value is -3.39. The van der Waals surface area contributed by atoms with Crippen molar-refractivity contribution in [2.45, 2.75) is 0 Å². The molecular formula is C19H14BrN5O2. The molecule has 0 aliphatic rings. The van der Waals surface area contributed by atoms with E-state index in [1.165, 1.54) is 18.5 Å². The highest BCUT2D eigenvalue weighted by Gasteiger charge is 2.05. The van der Waals surface area contributed by atoms with Gasteiger partial charge in [0.1, 0.15) is 5.75 Å². The standard InChI is InChI=1S/C19H14BrN5O2/c20-15-8-14(10-21-12-15)19(27)25-22-11-13-9-17(6-7-18(13)26)24-23-16-4-2-1-3-5-16/h1-12,26H,(H,25,27)/b22-11-,24-23?. The topological polar surface area (TPSA) is 99.3 Å². The van der Waals surface area contributed by atoms with E-state index in [-0.39, 0.29) is 5.75 Å². The maximum absolute atomic E-state index is 12.0. The number of carbonyl (C=O) groups excluding carboxylic acids is 1. The molecule has 1 amide bonds. The summed E-state index contributed by atoms with van der Waals surface area (Å²) in [6.45, 7) is 0. The highest BCUT2D eigenvalue weighted by atomic mass is 79.9. The zero-order valence-corrected chi connectivity index (χ0v) is 15.5. The molecule has 27 heavy (non-hydrogen) atoms. The molecule has 0 saturated carbocycles. The lowest BCUT2D eigenvalue weighted by Gasteiger charge is -2.02. The third kappa shape index (κ3) is 5.29. The first-order valence-corrected chi connectivity index (χ1v) is 8.65. The third-order valence-electron chi connectivity index (χ3n) is 3.39. The smallest absolute Gasteiger partial charge is 0.272 e. The van der Waals surface area contributed by atoms with Gasteiger partial charge in [-0.05, 0) is 52.3 Å². The second-order valence-corrected chi connectivity index (χ2v) is 6.29. The van der Waals surface area contributed by atoms with Gasteiger partial charge in [-0.1, -0.05) is 18.2 Å². The van der Waals surface area contributed by atoms with Crippen LogP contribution in [0.15, 0.2) is 86.8 Å². The molecule has 0 bridgehead atoms. The van der Waals surface area contributed by atoms with Crippen LogP contribution in [0.1, 0.15) is 15.9 Å². The molecule has 1 heterocycles. The number of aromatic nitrogens is 1. The van der Waals surface area contributed by atoms with Crippen LogP contribution >= 0.6 is 15.9 Å². The molecule has 0 saturated heterocycles. The lowest BCUT2D eigenvalue weighted by Crippen LogP contribution is -2.17. The van der Waals surface area contributed by atoms with Crippen LogP contribution in [0.2, 0.25) is 0 Å². The lowest BCUT2D eigenvalue weighted by molar-refractivity contribution is 0.0954. The van der Waals surface area contributed by atoms with E-state index in [2.05, 4.69) is 41.7 Å². The van der Waals surface area contributed by atoms with Crippen molar-refractivity contribution in [2.24, 2.45) is 15.3 Å². The summed E-state index contributed by atoms with van der Waals surface area (Å²) in [5, 5.41) is 22.1. The minimum absolute atomic E-state index is 0.00998. The van der Waals surface area contributed by atoms with Gasteiger partial charge >= 0.3 is 0 Å². The number of nitrogens with zero attached hydrogens (tertiary/aromatic N) is 4. The molecule has 134 valence electrons. The largest absolute Gasteiger partial charge is 0.507 e. The van der Waals surface area contributed by atoms with Crippen molar-refractivity contribution in [1.29, 1.82) is 0 Å². The Bertz CT molecular complexity index is 1010. The minimum atomic E-state index is -0.417. The first-order valence-electron chi connectivity index (χ1n) is 7.85. The number of carbonyl (C=O) groups is 1. The minimum Gasteiger partial charge on any atom is -0.507 e. The fourth-order valence-electron chi connectivity index (χ4n) is 2.08. The van der Waals surface area contributed by atoms with Crippen molar-refractivity contribution in [3.8, 4) is 5.75 Å². The molecule has 1 aromatic heterocycles. The summed E-state index contributed by atoms with van der Waals surface area (Å²) in [5.41, 5.74) is 4.40. The van der Waals surface area contributed by atoms with Gasteiger partial charge < -0.3 is 5.11 Å². The van der Waals surface area contributed by atoms with Crippen molar-refractivity contribution in [1.82, 2.24) is 10.4 Å². The molecule has 2 aromatic carbocycles. The number of benzene rings is 2. The molecule has 0 atom stereocenters. The van der Waals surface area contributed by atoms with Crippen molar-refractivity contribution in [3.05, 3.63) is 82.6 Å². The van der Waals surface area contributed by atoms with E-state index in [4.69, 9.17) is 0 Å². The van der Waals surface area contributed by atoms with Crippen LogP contribution in [0.25, 0.3) is 0 Å². The molecule has 2 N–H and O–H groups in total. The molecule has 3 rings (SSSR count). The van der Waals surface area contributed by atoms with E-state index in [1.54, 1.807) is 24.4 Å². The predicted octanol–water partition coefficient (Wildman–Crippen LogP) is 4.73. The number of hydrogen-bond acceptors (Lipinski definition) is 6. The number of halogens is 1. The van der Waals surface area contributed by atoms with Crippen LogP contribution in [0.4, 0.5) is 11.4 Å². The second-order valence-electron chi connectivity index (χ2n) is 5.37. The number of aromatic hydroxyl groups is 1. The molecule has 7 nitrogen and oxygen atoms in total. The van der Waals surface area contributed by atoms with Crippen LogP contribution in [0.3, 0.4) is 0 Å². The van der Waals surface area contributed by atoms with Gasteiger partial charge in [0.05, 0.1) is 23.2 Å². The van der Waals surface area contributed by atoms with Gasteiger partial charge in [-0.25, -0.2) is 5.43 Å². The number of azo groups is 1. The number of nitrogens with one attached hydrogen (secondary N) is 1. The highest BCUT2D eigenvalue weighted by Crippen LogP contribution is 2.24. The van der Waals surface area contributed by atoms with Gasteiger partial charge in [-0.15, -0.1) is 0 Å². The summed E-state index contributed by atoms with van der Waals surface area (Å²) in [7, 11) is 0. The van der Waals surface area contributed by atoms with Crippen molar-refractivity contribution >= 4 is 39.4 Å². The number of hydrazone groups is 1. The quantitative estimate of drug-likeness (QED) is 0.352. The molecular weight excluding hydrogens is 410 g/mol. The van der Waals surface area contributed by atoms with Gasteiger partial charge in [0.25, 0.3) is 5.91 Å². The Morgan fingerprint density at radius 2 is 1.81 bits per heavy atom. The molecule has 8 heteroatoms. The van der Waals surface area contributed by atoms with E-state index >= 15 is 0 Å². The van der Waals surface area contributed by atoms with E-state index in [1.807, 2.05) is 30.3 Å². The van der Waals surface area contributed by atoms with Crippen molar-refractivity contribution < 1.29 is 9.90 Å². The number of phenolic OH excluding ortho intramolecular Hbond substituents is 1. The molecule has 0 radical (unpaired) electrons. The molecule has 0 unspecified atom stereocenters. The van der Waals surface area contributed by atoms with Crippen LogP contribution < -0.4 is 5.43 Å². The van der Waals surface area contributed by atoms with Gasteiger partial charge in [0.2, 0.25) is 0 Å². The Labute approximate surface area is 163 Å². The van der Waals surface area contributed by atoms with E-state index in [0.717, 1.165) is 5.69 Å². The SMILES string of the molecule is O=C(N/N=C\c1cc(N=Nc2ccccc2)ccc1O)c1cncc(Br)c1. The Balaban J connectivity index is 1.70. The van der Waals surface area contributed by atoms with Crippen LogP contribution in [0, 0.1) is 0 Å². The van der Waals surface area contributed by atoms with Crippen LogP contribution in [-0.2, 0) is 0 Å². The molecule has 0 fully saturated rings. The Morgan fingerprint density at radius 1 is 1.04 bits per heavy atom. The maximum Gasteiger partial charge on any atom is 0.272 e. The molecule has 0 aliphatic carbocycles. The highest BCUT2D eigenvalue weighted by molar-refractivity contribution is 9.10. The number of pyridine rings is 1. The number of phenols is 1. The summed E-state index contributed by atoms with van der Waals surface area (Å²) in [6, 6.07) is 15.6. The Morgan fingerprint density at radius 3 is 2.59 bits per heavy atom. The van der Waals surface area contributed by atoms with Crippen LogP contribution in [0.5, 0.6) is 5.75 Å². The number of rotatable bonds is 5. The van der Waals surface area contributed by atoms with Gasteiger partial charge in [0.15, 0.2) is 0 Å². The molecule has 0 aliphatic heterocycles. The van der Waals surface area contributed by atoms with Gasteiger partial charge in [-0.2, -0.15) is 15.3 Å². The Kier molecular flexibility index (Phi) is 6.01.